The maximum absolute atomic E-state index is 10.8. The fourth-order valence-corrected chi connectivity index (χ4v) is 4.25. The van der Waals surface area contributed by atoms with Crippen molar-refractivity contribution < 1.29 is 5.11 Å². The van der Waals surface area contributed by atoms with Crippen molar-refractivity contribution in [3.8, 4) is 6.07 Å². The van der Waals surface area contributed by atoms with Crippen LogP contribution in [0.15, 0.2) is 11.6 Å². The summed E-state index contributed by atoms with van der Waals surface area (Å²) in [4.78, 5) is 0. The monoisotopic (exact) mass is 261 g/mol. The molecule has 5 atom stereocenters. The molecular formula is C17H27NO. The highest BCUT2D eigenvalue weighted by atomic mass is 16.3. The van der Waals surface area contributed by atoms with E-state index in [1.807, 2.05) is 0 Å². The average molecular weight is 261 g/mol. The molecule has 2 nitrogen and oxygen atoms in total. The van der Waals surface area contributed by atoms with Crippen LogP contribution in [0.4, 0.5) is 0 Å². The second-order valence-electron chi connectivity index (χ2n) is 6.92. The molecule has 0 amide bonds. The molecule has 19 heavy (non-hydrogen) atoms. The summed E-state index contributed by atoms with van der Waals surface area (Å²) >= 11 is 0. The lowest BCUT2D eigenvalue weighted by Crippen LogP contribution is -2.39. The predicted molar refractivity (Wildman–Crippen MR) is 77.3 cm³/mol. The highest BCUT2D eigenvalue weighted by molar-refractivity contribution is 5.14. The molecule has 106 valence electrons. The van der Waals surface area contributed by atoms with Crippen molar-refractivity contribution in [1.82, 2.24) is 0 Å². The van der Waals surface area contributed by atoms with Gasteiger partial charge in [0.15, 0.2) is 0 Å². The number of nitrogens with zero attached hydrogens (tertiary/aromatic N) is 1. The first-order valence-electron chi connectivity index (χ1n) is 7.77. The van der Waals surface area contributed by atoms with E-state index >= 15 is 0 Å². The third-order valence-corrected chi connectivity index (χ3v) is 5.29. The van der Waals surface area contributed by atoms with Gasteiger partial charge in [-0.3, -0.25) is 0 Å². The molecule has 5 unspecified atom stereocenters. The number of nitriles is 1. The van der Waals surface area contributed by atoms with Crippen LogP contribution in [0.1, 0.15) is 59.3 Å². The summed E-state index contributed by atoms with van der Waals surface area (Å²) in [6.07, 6.45) is 7.89. The molecule has 0 bridgehead atoms. The van der Waals surface area contributed by atoms with Crippen molar-refractivity contribution in [3.63, 3.8) is 0 Å². The summed E-state index contributed by atoms with van der Waals surface area (Å²) in [7, 11) is 0. The molecule has 1 fully saturated rings. The van der Waals surface area contributed by atoms with Gasteiger partial charge in [-0.1, -0.05) is 31.9 Å². The second kappa shape index (κ2) is 5.67. The Morgan fingerprint density at radius 2 is 2.32 bits per heavy atom. The number of hydrogen-bond donors (Lipinski definition) is 1. The van der Waals surface area contributed by atoms with Crippen LogP contribution in [0.3, 0.4) is 0 Å². The molecule has 0 aromatic rings. The van der Waals surface area contributed by atoms with Crippen molar-refractivity contribution in [3.05, 3.63) is 11.6 Å². The van der Waals surface area contributed by atoms with Gasteiger partial charge in [0.25, 0.3) is 0 Å². The Morgan fingerprint density at radius 1 is 1.58 bits per heavy atom. The molecule has 2 rings (SSSR count). The molecular weight excluding hydrogens is 234 g/mol. The molecule has 0 aromatic carbocycles. The normalized spacial score (nSPS) is 40.6. The van der Waals surface area contributed by atoms with Gasteiger partial charge in [0.1, 0.15) is 0 Å². The number of aliphatic hydroxyl groups excluding tert-OH is 1. The van der Waals surface area contributed by atoms with E-state index in [0.29, 0.717) is 11.8 Å². The van der Waals surface area contributed by atoms with Crippen LogP contribution < -0.4 is 0 Å². The summed E-state index contributed by atoms with van der Waals surface area (Å²) in [5.41, 5.74) is 0.906. The van der Waals surface area contributed by atoms with Crippen molar-refractivity contribution in [2.24, 2.45) is 23.2 Å². The van der Waals surface area contributed by atoms with Crippen LogP contribution in [0.25, 0.3) is 0 Å². The van der Waals surface area contributed by atoms with Gasteiger partial charge in [0.05, 0.1) is 17.6 Å². The van der Waals surface area contributed by atoms with E-state index in [1.54, 1.807) is 0 Å². The predicted octanol–water partition coefficient (Wildman–Crippen LogP) is 4.06. The number of rotatable bonds is 3. The Hall–Kier alpha value is -0.810. The first-order chi connectivity index (χ1) is 9.00. The molecule has 0 spiro atoms. The molecule has 1 N–H and O–H groups in total. The topological polar surface area (TPSA) is 44.0 Å². The number of allylic oxidation sites excluding steroid dienone is 2. The fraction of sp³-hybridized carbons (Fsp3) is 0.824. The first-order valence-corrected chi connectivity index (χ1v) is 7.77. The summed E-state index contributed by atoms with van der Waals surface area (Å²) in [6, 6.07) is 2.50. The highest BCUT2D eigenvalue weighted by Gasteiger charge is 2.47. The molecule has 2 aliphatic rings. The Labute approximate surface area is 117 Å². The van der Waals surface area contributed by atoms with E-state index in [2.05, 4.69) is 32.9 Å². The third-order valence-electron chi connectivity index (χ3n) is 5.29. The fourth-order valence-electron chi connectivity index (χ4n) is 4.25. The van der Waals surface area contributed by atoms with Gasteiger partial charge in [0.2, 0.25) is 0 Å². The Morgan fingerprint density at radius 3 is 2.84 bits per heavy atom. The van der Waals surface area contributed by atoms with Gasteiger partial charge in [-0.2, -0.15) is 5.26 Å². The minimum atomic E-state index is -0.470. The van der Waals surface area contributed by atoms with Crippen LogP contribution in [0.5, 0.6) is 0 Å². The smallest absolute Gasteiger partial charge is 0.0837 e. The summed E-state index contributed by atoms with van der Waals surface area (Å²) < 4.78 is 0. The van der Waals surface area contributed by atoms with Crippen molar-refractivity contribution >= 4 is 0 Å². The van der Waals surface area contributed by atoms with Crippen LogP contribution in [-0.2, 0) is 0 Å². The maximum Gasteiger partial charge on any atom is 0.0837 e. The van der Waals surface area contributed by atoms with E-state index in [4.69, 9.17) is 0 Å². The maximum atomic E-state index is 10.8. The Bertz CT molecular complexity index is 395. The standard InChI is InChI=1S/C17H27NO/c1-4-14-5-6-17(10-14,11-18)16(19)15-8-12(2)7-13(3)9-15/h7,12,14-16,19H,4-6,8-10H2,1-3H3. The van der Waals surface area contributed by atoms with Crippen LogP contribution in [0.2, 0.25) is 0 Å². The largest absolute Gasteiger partial charge is 0.391 e. The lowest BCUT2D eigenvalue weighted by Gasteiger charge is -2.37. The highest BCUT2D eigenvalue weighted by Crippen LogP contribution is 2.49. The average Bonchev–Trinajstić information content (AvgIpc) is 2.81. The zero-order valence-electron chi connectivity index (χ0n) is 12.5. The molecule has 2 heteroatoms. The molecule has 0 aromatic heterocycles. The molecule has 1 saturated carbocycles. The molecule has 0 saturated heterocycles. The van der Waals surface area contributed by atoms with Crippen LogP contribution >= 0.6 is 0 Å². The van der Waals surface area contributed by atoms with E-state index in [0.717, 1.165) is 38.5 Å². The third kappa shape index (κ3) is 2.87. The van der Waals surface area contributed by atoms with E-state index < -0.39 is 11.5 Å². The zero-order valence-corrected chi connectivity index (χ0v) is 12.5. The van der Waals surface area contributed by atoms with Crippen molar-refractivity contribution in [1.29, 1.82) is 5.26 Å². The molecule has 0 heterocycles. The zero-order chi connectivity index (χ0) is 14.0. The van der Waals surface area contributed by atoms with Gasteiger partial charge in [0, 0.05) is 0 Å². The van der Waals surface area contributed by atoms with E-state index in [-0.39, 0.29) is 5.92 Å². The number of hydrogen-bond acceptors (Lipinski definition) is 2. The minimum Gasteiger partial charge on any atom is -0.391 e. The summed E-state index contributed by atoms with van der Waals surface area (Å²) in [5.74, 6) is 1.44. The van der Waals surface area contributed by atoms with Crippen LogP contribution in [-0.4, -0.2) is 11.2 Å². The van der Waals surface area contributed by atoms with Gasteiger partial charge < -0.3 is 5.11 Å². The first kappa shape index (κ1) is 14.6. The molecule has 0 radical (unpaired) electrons. The van der Waals surface area contributed by atoms with Gasteiger partial charge >= 0.3 is 0 Å². The van der Waals surface area contributed by atoms with Crippen molar-refractivity contribution in [2.75, 3.05) is 0 Å². The number of aliphatic hydroxyl groups is 1. The SMILES string of the molecule is CCC1CCC(C#N)(C(O)C2CC(C)=CC(C)C2)C1. The lowest BCUT2D eigenvalue weighted by molar-refractivity contribution is 0.00500. The quantitative estimate of drug-likeness (QED) is 0.779. The van der Waals surface area contributed by atoms with Gasteiger partial charge in [-0.05, 0) is 56.8 Å². The minimum absolute atomic E-state index is 0.273. The summed E-state index contributed by atoms with van der Waals surface area (Å²) in [5, 5.41) is 20.5. The molecule has 0 aliphatic heterocycles. The van der Waals surface area contributed by atoms with Gasteiger partial charge in [-0.15, -0.1) is 0 Å². The van der Waals surface area contributed by atoms with Crippen molar-refractivity contribution in [2.45, 2.75) is 65.4 Å². The van der Waals surface area contributed by atoms with Gasteiger partial charge in [-0.25, -0.2) is 0 Å². The molecule has 2 aliphatic carbocycles. The summed E-state index contributed by atoms with van der Waals surface area (Å²) in [6.45, 7) is 6.56. The Kier molecular flexibility index (Phi) is 4.36. The van der Waals surface area contributed by atoms with E-state index in [1.165, 1.54) is 5.57 Å². The van der Waals surface area contributed by atoms with E-state index in [9.17, 15) is 10.4 Å². The lowest BCUT2D eigenvalue weighted by atomic mass is 9.69. The van der Waals surface area contributed by atoms with Crippen LogP contribution in [0, 0.1) is 34.5 Å². The Balaban J connectivity index is 2.12. The second-order valence-corrected chi connectivity index (χ2v) is 6.92.